The molecule has 2 rings (SSSR count). The lowest BCUT2D eigenvalue weighted by atomic mass is 10.1. The molecule has 0 aromatic carbocycles. The van der Waals surface area contributed by atoms with Gasteiger partial charge in [-0.3, -0.25) is 4.99 Å². The molecule has 1 aliphatic heterocycles. The van der Waals surface area contributed by atoms with Gasteiger partial charge >= 0.3 is 0 Å². The van der Waals surface area contributed by atoms with Crippen LogP contribution >= 0.6 is 0 Å². The first kappa shape index (κ1) is 18.2. The highest BCUT2D eigenvalue weighted by atomic mass is 16.5. The molecule has 7 heteroatoms. The molecular formula is C17H25N3O4. The lowest BCUT2D eigenvalue weighted by Gasteiger charge is -2.14. The number of aliphatic imine (C=N–C) groups is 2. The minimum atomic E-state index is 0.456. The van der Waals surface area contributed by atoms with E-state index >= 15 is 0 Å². The Morgan fingerprint density at radius 3 is 2.58 bits per heavy atom. The first-order chi connectivity index (χ1) is 11.8. The predicted molar refractivity (Wildman–Crippen MR) is 93.1 cm³/mol. The molecule has 0 saturated heterocycles. The highest BCUT2D eigenvalue weighted by Gasteiger charge is 2.18. The Balaban J connectivity index is 2.21. The second-order valence-electron chi connectivity index (χ2n) is 5.18. The number of methoxy groups -OCH3 is 2. The van der Waals surface area contributed by atoms with Crippen LogP contribution in [0, 0.1) is 0 Å². The van der Waals surface area contributed by atoms with Crippen molar-refractivity contribution in [3.8, 4) is 0 Å². The van der Waals surface area contributed by atoms with Crippen molar-refractivity contribution in [2.45, 2.75) is 12.8 Å². The molecular weight excluding hydrogens is 310 g/mol. The molecule has 1 aliphatic carbocycles. The molecule has 0 aromatic heterocycles. The summed E-state index contributed by atoms with van der Waals surface area (Å²) in [6, 6.07) is 0. The number of allylic oxidation sites excluding steroid dienone is 3. The fourth-order valence-corrected chi connectivity index (χ4v) is 2.30. The number of ether oxygens (including phenoxy) is 4. The van der Waals surface area contributed by atoms with Crippen LogP contribution in [-0.2, 0) is 18.9 Å². The van der Waals surface area contributed by atoms with Gasteiger partial charge in [0.25, 0.3) is 0 Å². The normalized spacial score (nSPS) is 19.0. The maximum absolute atomic E-state index is 5.85. The fraction of sp³-hybridized carbons (Fsp3) is 0.529. The van der Waals surface area contributed by atoms with Gasteiger partial charge in [0, 0.05) is 45.9 Å². The molecule has 132 valence electrons. The van der Waals surface area contributed by atoms with Crippen LogP contribution in [-0.4, -0.2) is 59.9 Å². The van der Waals surface area contributed by atoms with E-state index < -0.39 is 0 Å². The van der Waals surface area contributed by atoms with Crippen LogP contribution in [0.25, 0.3) is 0 Å². The van der Waals surface area contributed by atoms with Gasteiger partial charge in [0.15, 0.2) is 5.76 Å². The summed E-state index contributed by atoms with van der Waals surface area (Å²) < 4.78 is 21.8. The van der Waals surface area contributed by atoms with E-state index in [0.717, 1.165) is 22.9 Å². The minimum absolute atomic E-state index is 0.456. The van der Waals surface area contributed by atoms with E-state index in [1.165, 1.54) is 0 Å². The average molecular weight is 335 g/mol. The highest BCUT2D eigenvalue weighted by Crippen LogP contribution is 2.26. The molecule has 0 saturated carbocycles. The number of nitrogens with zero attached hydrogens (tertiary/aromatic N) is 2. The molecule has 0 atom stereocenters. The third-order valence-corrected chi connectivity index (χ3v) is 3.58. The number of fused-ring (bicyclic) bond motifs is 1. The number of hydrogen-bond donors (Lipinski definition) is 1. The Morgan fingerprint density at radius 1 is 1.12 bits per heavy atom. The quantitative estimate of drug-likeness (QED) is 0.685. The van der Waals surface area contributed by atoms with Gasteiger partial charge in [-0.1, -0.05) is 6.08 Å². The number of rotatable bonds is 8. The van der Waals surface area contributed by atoms with Crippen LogP contribution in [0.1, 0.15) is 12.8 Å². The topological polar surface area (TPSA) is 73.7 Å². The van der Waals surface area contributed by atoms with Crippen molar-refractivity contribution < 1.29 is 18.9 Å². The SMILES string of the molecule is CN=C1CC2=CCC(OCCOC)=C(OCCOC)C=C2NC=N1. The van der Waals surface area contributed by atoms with E-state index in [1.54, 1.807) is 27.6 Å². The van der Waals surface area contributed by atoms with Gasteiger partial charge in [-0.05, 0) is 5.57 Å². The fourth-order valence-electron chi connectivity index (χ4n) is 2.30. The summed E-state index contributed by atoms with van der Waals surface area (Å²) in [5.41, 5.74) is 2.06. The van der Waals surface area contributed by atoms with E-state index in [2.05, 4.69) is 21.4 Å². The third-order valence-electron chi connectivity index (χ3n) is 3.58. The predicted octanol–water partition coefficient (Wildman–Crippen LogP) is 1.79. The van der Waals surface area contributed by atoms with Crippen LogP contribution in [0.5, 0.6) is 0 Å². The summed E-state index contributed by atoms with van der Waals surface area (Å²) in [5, 5.41) is 3.19. The van der Waals surface area contributed by atoms with E-state index in [4.69, 9.17) is 18.9 Å². The molecule has 0 fully saturated rings. The Hall–Kier alpha value is -2.12. The summed E-state index contributed by atoms with van der Waals surface area (Å²) in [4.78, 5) is 8.47. The van der Waals surface area contributed by atoms with E-state index in [0.29, 0.717) is 45.0 Å². The number of hydrogen-bond acceptors (Lipinski definition) is 6. The first-order valence-corrected chi connectivity index (χ1v) is 7.91. The van der Waals surface area contributed by atoms with Crippen molar-refractivity contribution in [3.63, 3.8) is 0 Å². The minimum Gasteiger partial charge on any atom is -0.491 e. The Bertz CT molecular complexity index is 576. The molecule has 2 aliphatic rings. The lowest BCUT2D eigenvalue weighted by molar-refractivity contribution is 0.0830. The molecule has 0 bridgehead atoms. The lowest BCUT2D eigenvalue weighted by Crippen LogP contribution is -2.12. The molecule has 24 heavy (non-hydrogen) atoms. The summed E-state index contributed by atoms with van der Waals surface area (Å²) in [6.45, 7) is 1.98. The number of amidine groups is 1. The van der Waals surface area contributed by atoms with Gasteiger partial charge in [0.2, 0.25) is 0 Å². The van der Waals surface area contributed by atoms with Gasteiger partial charge in [-0.15, -0.1) is 0 Å². The summed E-state index contributed by atoms with van der Waals surface area (Å²) >= 11 is 0. The van der Waals surface area contributed by atoms with Crippen molar-refractivity contribution in [3.05, 3.63) is 34.9 Å². The molecule has 1 heterocycles. The molecule has 0 aromatic rings. The maximum Gasteiger partial charge on any atom is 0.159 e. The monoisotopic (exact) mass is 335 g/mol. The maximum atomic E-state index is 5.85. The van der Waals surface area contributed by atoms with Crippen molar-refractivity contribution >= 4 is 12.2 Å². The first-order valence-electron chi connectivity index (χ1n) is 7.91. The number of nitrogens with one attached hydrogen (secondary N) is 1. The van der Waals surface area contributed by atoms with Crippen LogP contribution in [0.15, 0.2) is 44.9 Å². The van der Waals surface area contributed by atoms with Gasteiger partial charge in [-0.2, -0.15) is 0 Å². The van der Waals surface area contributed by atoms with Crippen LogP contribution in [0.3, 0.4) is 0 Å². The summed E-state index contributed by atoms with van der Waals surface area (Å²) in [6.07, 6.45) is 7.02. The zero-order valence-corrected chi connectivity index (χ0v) is 14.5. The molecule has 0 amide bonds. The second kappa shape index (κ2) is 9.89. The van der Waals surface area contributed by atoms with E-state index in [1.807, 2.05) is 6.08 Å². The van der Waals surface area contributed by atoms with Crippen molar-refractivity contribution in [1.29, 1.82) is 0 Å². The van der Waals surface area contributed by atoms with Crippen molar-refractivity contribution in [2.75, 3.05) is 47.7 Å². The molecule has 0 unspecified atom stereocenters. The second-order valence-corrected chi connectivity index (χ2v) is 5.18. The van der Waals surface area contributed by atoms with Crippen LogP contribution in [0.4, 0.5) is 0 Å². The van der Waals surface area contributed by atoms with Gasteiger partial charge in [-0.25, -0.2) is 4.99 Å². The zero-order valence-electron chi connectivity index (χ0n) is 14.5. The summed E-state index contributed by atoms with van der Waals surface area (Å²) in [5.74, 6) is 2.26. The standard InChI is InChI=1S/C17H25N3O4/c1-18-17-10-13-4-5-15(23-8-6-21-2)16(24-9-7-22-3)11-14(13)19-12-20-17/h4,11-12H,5-10H2,1-3H3,(H,18,19,20). The van der Waals surface area contributed by atoms with Crippen LogP contribution in [0.2, 0.25) is 0 Å². The molecule has 1 N–H and O–H groups in total. The van der Waals surface area contributed by atoms with Gasteiger partial charge in [0.05, 0.1) is 19.6 Å². The van der Waals surface area contributed by atoms with Crippen LogP contribution < -0.4 is 5.32 Å². The highest BCUT2D eigenvalue weighted by molar-refractivity contribution is 5.93. The third kappa shape index (κ3) is 5.21. The van der Waals surface area contributed by atoms with E-state index in [-0.39, 0.29) is 0 Å². The van der Waals surface area contributed by atoms with Crippen molar-refractivity contribution in [2.24, 2.45) is 9.98 Å². The molecule has 0 spiro atoms. The Morgan fingerprint density at radius 2 is 1.88 bits per heavy atom. The van der Waals surface area contributed by atoms with Gasteiger partial charge in [0.1, 0.15) is 24.8 Å². The smallest absolute Gasteiger partial charge is 0.159 e. The van der Waals surface area contributed by atoms with E-state index in [9.17, 15) is 0 Å². The average Bonchev–Trinajstić information content (AvgIpc) is 2.87. The molecule has 7 nitrogen and oxygen atoms in total. The Labute approximate surface area is 142 Å². The zero-order chi connectivity index (χ0) is 17.2. The van der Waals surface area contributed by atoms with Gasteiger partial charge < -0.3 is 24.3 Å². The summed E-state index contributed by atoms with van der Waals surface area (Å²) in [7, 11) is 5.04. The Kier molecular flexibility index (Phi) is 7.51. The largest absolute Gasteiger partial charge is 0.491 e. The molecule has 0 radical (unpaired) electrons. The van der Waals surface area contributed by atoms with Crippen molar-refractivity contribution in [1.82, 2.24) is 5.32 Å².